The van der Waals surface area contributed by atoms with Crippen molar-refractivity contribution in [3.8, 4) is 22.8 Å². The molecule has 0 aliphatic rings. The van der Waals surface area contributed by atoms with Gasteiger partial charge in [0.05, 0.1) is 31.6 Å². The second kappa shape index (κ2) is 8.93. The quantitative estimate of drug-likeness (QED) is 0.549. The minimum absolute atomic E-state index is 0. The van der Waals surface area contributed by atoms with E-state index in [0.717, 1.165) is 27.7 Å². The lowest BCUT2D eigenvalue weighted by Gasteiger charge is -2.12. The normalized spacial score (nSPS) is 10.5. The molecule has 0 amide bonds. The van der Waals surface area contributed by atoms with E-state index in [0.29, 0.717) is 17.1 Å². The maximum absolute atomic E-state index is 12.0. The van der Waals surface area contributed by atoms with Gasteiger partial charge >= 0.3 is 5.97 Å². The molecule has 0 atom stereocenters. The molecule has 0 fully saturated rings. The van der Waals surface area contributed by atoms with Crippen molar-refractivity contribution < 1.29 is 19.0 Å². The lowest BCUT2D eigenvalue weighted by Crippen LogP contribution is -2.11. The maximum Gasteiger partial charge on any atom is 0.338 e. The zero-order valence-corrected chi connectivity index (χ0v) is 17.4. The molecule has 3 rings (SSSR count). The van der Waals surface area contributed by atoms with Crippen LogP contribution in [-0.2, 0) is 4.74 Å². The van der Waals surface area contributed by atoms with Crippen molar-refractivity contribution in [2.75, 3.05) is 14.2 Å². The number of halogens is 1. The Morgan fingerprint density at radius 3 is 2.14 bits per heavy atom. The van der Waals surface area contributed by atoms with E-state index in [2.05, 4.69) is 0 Å². The van der Waals surface area contributed by atoms with Crippen LogP contribution in [0.2, 0.25) is 0 Å². The Bertz CT molecular complexity index is 984. The minimum atomic E-state index is -0.323. The first kappa shape index (κ1) is 21.5. The van der Waals surface area contributed by atoms with Crippen molar-refractivity contribution in [3.63, 3.8) is 0 Å². The number of carbonyl (C=O) groups excluding carboxylic acids is 1. The number of nitrogens with zero attached hydrogens (tertiary/aromatic N) is 1. The first-order valence-electron chi connectivity index (χ1n) is 8.77. The third-order valence-electron chi connectivity index (χ3n) is 4.28. The van der Waals surface area contributed by atoms with Crippen molar-refractivity contribution >= 4 is 29.1 Å². The zero-order valence-electron chi connectivity index (χ0n) is 16.6. The molecule has 1 heterocycles. The number of pyridine rings is 1. The molecule has 0 saturated heterocycles. The van der Waals surface area contributed by atoms with E-state index >= 15 is 0 Å². The van der Waals surface area contributed by atoms with Crippen molar-refractivity contribution in [2.45, 2.75) is 26.9 Å². The van der Waals surface area contributed by atoms with Crippen LogP contribution in [0.1, 0.15) is 29.9 Å². The summed E-state index contributed by atoms with van der Waals surface area (Å²) in [5.74, 6) is 1.03. The molecule has 3 aromatic rings. The lowest BCUT2D eigenvalue weighted by molar-refractivity contribution is 0.0378. The van der Waals surface area contributed by atoms with Gasteiger partial charge in [0.1, 0.15) is 0 Å². The van der Waals surface area contributed by atoms with Crippen LogP contribution in [0.25, 0.3) is 22.0 Å². The highest BCUT2D eigenvalue weighted by molar-refractivity contribution is 5.92. The average Bonchev–Trinajstić information content (AvgIpc) is 2.66. The van der Waals surface area contributed by atoms with Gasteiger partial charge in [-0.3, -0.25) is 4.98 Å². The van der Waals surface area contributed by atoms with Gasteiger partial charge in [-0.05, 0) is 56.5 Å². The van der Waals surface area contributed by atoms with Crippen LogP contribution in [-0.4, -0.2) is 31.3 Å². The van der Waals surface area contributed by atoms with E-state index < -0.39 is 0 Å². The SMILES string of the molecule is COc1cc2cc(-c3ccc(C(=O)OC(C)C)cc3)nc(C)c2cc1OC.Cl. The van der Waals surface area contributed by atoms with E-state index in [4.69, 9.17) is 19.2 Å². The van der Waals surface area contributed by atoms with Gasteiger partial charge in [-0.25, -0.2) is 4.79 Å². The van der Waals surface area contributed by atoms with Crippen LogP contribution >= 0.6 is 12.4 Å². The van der Waals surface area contributed by atoms with Crippen molar-refractivity contribution in [2.24, 2.45) is 0 Å². The molecular weight excluding hydrogens is 378 g/mol. The van der Waals surface area contributed by atoms with Gasteiger partial charge in [-0.15, -0.1) is 12.4 Å². The van der Waals surface area contributed by atoms with Crippen LogP contribution in [0, 0.1) is 6.92 Å². The third-order valence-corrected chi connectivity index (χ3v) is 4.28. The molecule has 0 unspecified atom stereocenters. The van der Waals surface area contributed by atoms with E-state index in [1.54, 1.807) is 26.4 Å². The second-order valence-electron chi connectivity index (χ2n) is 6.55. The summed E-state index contributed by atoms with van der Waals surface area (Å²) in [6.07, 6.45) is -0.144. The first-order valence-corrected chi connectivity index (χ1v) is 8.77. The molecule has 28 heavy (non-hydrogen) atoms. The Morgan fingerprint density at radius 2 is 1.57 bits per heavy atom. The van der Waals surface area contributed by atoms with Crippen LogP contribution in [0.15, 0.2) is 42.5 Å². The molecule has 0 aliphatic carbocycles. The molecule has 0 saturated carbocycles. The number of ether oxygens (including phenoxy) is 3. The number of hydrogen-bond acceptors (Lipinski definition) is 5. The van der Waals surface area contributed by atoms with Gasteiger partial charge in [0.15, 0.2) is 11.5 Å². The van der Waals surface area contributed by atoms with E-state index in [-0.39, 0.29) is 24.5 Å². The predicted octanol–water partition coefficient (Wildman–Crippen LogP) is 5.21. The highest BCUT2D eigenvalue weighted by atomic mass is 35.5. The summed E-state index contributed by atoms with van der Waals surface area (Å²) in [5, 5.41) is 2.02. The number of hydrogen-bond donors (Lipinski definition) is 0. The summed E-state index contributed by atoms with van der Waals surface area (Å²) in [6.45, 7) is 5.63. The number of rotatable bonds is 5. The third kappa shape index (κ3) is 4.37. The second-order valence-corrected chi connectivity index (χ2v) is 6.55. The average molecular weight is 402 g/mol. The summed E-state index contributed by atoms with van der Waals surface area (Å²) in [5.41, 5.74) is 3.18. The van der Waals surface area contributed by atoms with E-state index in [1.807, 2.05) is 51.1 Å². The summed E-state index contributed by atoms with van der Waals surface area (Å²) in [7, 11) is 3.24. The van der Waals surface area contributed by atoms with Crippen LogP contribution in [0.5, 0.6) is 11.5 Å². The summed E-state index contributed by atoms with van der Waals surface area (Å²) in [4.78, 5) is 16.7. The highest BCUT2D eigenvalue weighted by Gasteiger charge is 2.12. The van der Waals surface area contributed by atoms with E-state index in [9.17, 15) is 4.79 Å². The maximum atomic E-state index is 12.0. The smallest absolute Gasteiger partial charge is 0.338 e. The molecule has 5 nitrogen and oxygen atoms in total. The van der Waals surface area contributed by atoms with Gasteiger partial charge in [-0.2, -0.15) is 0 Å². The Balaban J connectivity index is 0.00000280. The van der Waals surface area contributed by atoms with Crippen molar-refractivity contribution in [1.29, 1.82) is 0 Å². The number of carbonyl (C=O) groups is 1. The Morgan fingerprint density at radius 1 is 0.964 bits per heavy atom. The Kier molecular flexibility index (Phi) is 6.86. The zero-order chi connectivity index (χ0) is 19.6. The van der Waals surface area contributed by atoms with Crippen LogP contribution in [0.3, 0.4) is 0 Å². The Hall–Kier alpha value is -2.79. The summed E-state index contributed by atoms with van der Waals surface area (Å²) >= 11 is 0. The number of esters is 1. The monoisotopic (exact) mass is 401 g/mol. The summed E-state index contributed by atoms with van der Waals surface area (Å²) < 4.78 is 16.0. The highest BCUT2D eigenvalue weighted by Crippen LogP contribution is 2.34. The topological polar surface area (TPSA) is 57.7 Å². The van der Waals surface area contributed by atoms with Gasteiger partial charge in [0.25, 0.3) is 0 Å². The van der Waals surface area contributed by atoms with Crippen molar-refractivity contribution in [1.82, 2.24) is 4.98 Å². The summed E-state index contributed by atoms with van der Waals surface area (Å²) in [6, 6.07) is 13.2. The largest absolute Gasteiger partial charge is 0.493 e. The molecule has 0 radical (unpaired) electrons. The number of benzene rings is 2. The number of aromatic nitrogens is 1. The molecule has 0 spiro atoms. The fourth-order valence-corrected chi connectivity index (χ4v) is 2.95. The van der Waals surface area contributed by atoms with Crippen LogP contribution < -0.4 is 9.47 Å². The lowest BCUT2D eigenvalue weighted by atomic mass is 10.0. The Labute approximate surface area is 171 Å². The molecule has 6 heteroatoms. The van der Waals surface area contributed by atoms with Gasteiger partial charge in [0, 0.05) is 16.6 Å². The molecule has 1 aromatic heterocycles. The molecule has 0 aliphatic heterocycles. The number of fused-ring (bicyclic) bond motifs is 1. The molecule has 0 N–H and O–H groups in total. The fraction of sp³-hybridized carbons (Fsp3) is 0.273. The number of methoxy groups -OCH3 is 2. The van der Waals surface area contributed by atoms with E-state index in [1.165, 1.54) is 0 Å². The van der Waals surface area contributed by atoms with Gasteiger partial charge in [-0.1, -0.05) is 12.1 Å². The molecular formula is C22H24ClNO4. The molecule has 0 bridgehead atoms. The predicted molar refractivity (Wildman–Crippen MR) is 113 cm³/mol. The minimum Gasteiger partial charge on any atom is -0.493 e. The fourth-order valence-electron chi connectivity index (χ4n) is 2.95. The van der Waals surface area contributed by atoms with Gasteiger partial charge in [0.2, 0.25) is 0 Å². The standard InChI is InChI=1S/C22H23NO4.ClH/c1-13(2)27-22(24)16-8-6-15(7-9-16)19-10-17-11-20(25-4)21(26-5)12-18(17)14(3)23-19;/h6-13H,1-5H3;1H. The van der Waals surface area contributed by atoms with Crippen LogP contribution in [0.4, 0.5) is 0 Å². The van der Waals surface area contributed by atoms with Crippen molar-refractivity contribution in [3.05, 3.63) is 53.7 Å². The number of aryl methyl sites for hydroxylation is 1. The first-order chi connectivity index (χ1) is 12.9. The molecule has 148 valence electrons. The molecule has 2 aromatic carbocycles. The van der Waals surface area contributed by atoms with Gasteiger partial charge < -0.3 is 14.2 Å².